The third-order valence-electron chi connectivity index (χ3n) is 4.33. The number of fused-ring (bicyclic) bond motifs is 1. The Bertz CT molecular complexity index is 1040. The van der Waals surface area contributed by atoms with Gasteiger partial charge >= 0.3 is 0 Å². The lowest BCUT2D eigenvalue weighted by atomic mass is 10.2. The van der Waals surface area contributed by atoms with E-state index >= 15 is 0 Å². The van der Waals surface area contributed by atoms with Crippen molar-refractivity contribution in [3.05, 3.63) is 41.3 Å². The number of nitrogens with zero attached hydrogens (tertiary/aromatic N) is 4. The molecule has 27 heavy (non-hydrogen) atoms. The first-order chi connectivity index (χ1) is 13.3. The molecule has 1 aliphatic rings. The molecular weight excluding hydrogens is 398 g/mol. The molecule has 1 fully saturated rings. The van der Waals surface area contributed by atoms with E-state index in [2.05, 4.69) is 49.7 Å². The largest absolute Gasteiger partial charge is 0.379 e. The highest BCUT2D eigenvalue weighted by Crippen LogP contribution is 2.33. The Kier molecular flexibility index (Phi) is 4.85. The summed E-state index contributed by atoms with van der Waals surface area (Å²) in [6.07, 6.45) is 0. The van der Waals surface area contributed by atoms with Crippen LogP contribution in [0.4, 0.5) is 10.3 Å². The number of nitrogens with one attached hydrogen (secondary N) is 1. The van der Waals surface area contributed by atoms with Crippen LogP contribution in [-0.2, 0) is 11.3 Å². The number of hydrogen-bond acceptors (Lipinski definition) is 9. The first-order valence-corrected chi connectivity index (χ1v) is 11.2. The van der Waals surface area contributed by atoms with Crippen molar-refractivity contribution in [3.63, 3.8) is 0 Å². The van der Waals surface area contributed by atoms with Crippen molar-refractivity contribution in [1.82, 2.24) is 20.1 Å². The standard InChI is InChI=1S/C18H17N5OS3/c1-2-14(25-9-1)16-21-22-18(27-16)20-17-19-13-4-3-12(10-15(13)26-17)11-23-5-7-24-8-6-23/h1-4,9-10H,5-8,11H2,(H,19,20,22). The van der Waals surface area contributed by atoms with Crippen LogP contribution in [-0.4, -0.2) is 46.4 Å². The lowest BCUT2D eigenvalue weighted by Crippen LogP contribution is -2.35. The summed E-state index contributed by atoms with van der Waals surface area (Å²) in [4.78, 5) is 8.25. The molecule has 4 heterocycles. The fraction of sp³-hybridized carbons (Fsp3) is 0.278. The van der Waals surface area contributed by atoms with Crippen molar-refractivity contribution in [2.24, 2.45) is 0 Å². The van der Waals surface area contributed by atoms with Gasteiger partial charge in [-0.15, -0.1) is 21.5 Å². The number of anilines is 2. The van der Waals surface area contributed by atoms with E-state index < -0.39 is 0 Å². The molecule has 0 spiro atoms. The monoisotopic (exact) mass is 415 g/mol. The number of ether oxygens (including phenoxy) is 1. The molecule has 0 bridgehead atoms. The van der Waals surface area contributed by atoms with Gasteiger partial charge in [0, 0.05) is 19.6 Å². The Morgan fingerprint density at radius 1 is 1.07 bits per heavy atom. The van der Waals surface area contributed by atoms with E-state index in [-0.39, 0.29) is 0 Å². The molecule has 5 rings (SSSR count). The Labute approximate surface area is 168 Å². The number of rotatable bonds is 5. The van der Waals surface area contributed by atoms with Gasteiger partial charge in [0.25, 0.3) is 0 Å². The Hall–Kier alpha value is -1.91. The number of aromatic nitrogens is 3. The minimum absolute atomic E-state index is 0.769. The van der Waals surface area contributed by atoms with Crippen LogP contribution in [0, 0.1) is 0 Å². The maximum atomic E-state index is 5.43. The highest BCUT2D eigenvalue weighted by Gasteiger charge is 2.13. The zero-order chi connectivity index (χ0) is 18.1. The summed E-state index contributed by atoms with van der Waals surface area (Å²) < 4.78 is 6.61. The number of thiazole rings is 1. The fourth-order valence-corrected chi connectivity index (χ4v) is 5.53. The number of hydrogen-bond donors (Lipinski definition) is 1. The molecule has 0 saturated carbocycles. The van der Waals surface area contributed by atoms with Gasteiger partial charge in [0.1, 0.15) is 0 Å². The molecule has 138 valence electrons. The number of thiophene rings is 1. The molecule has 0 amide bonds. The predicted octanol–water partition coefficient (Wildman–Crippen LogP) is 4.45. The quantitative estimate of drug-likeness (QED) is 0.519. The fourth-order valence-electron chi connectivity index (χ4n) is 3.00. The summed E-state index contributed by atoms with van der Waals surface area (Å²) in [5.74, 6) is 0. The number of morpholine rings is 1. The van der Waals surface area contributed by atoms with Gasteiger partial charge in [0.2, 0.25) is 5.13 Å². The van der Waals surface area contributed by atoms with E-state index in [1.807, 2.05) is 11.4 Å². The van der Waals surface area contributed by atoms with Gasteiger partial charge in [-0.1, -0.05) is 34.8 Å². The van der Waals surface area contributed by atoms with E-state index in [0.29, 0.717) is 0 Å². The molecule has 1 aromatic carbocycles. The van der Waals surface area contributed by atoms with Crippen molar-refractivity contribution < 1.29 is 4.74 Å². The van der Waals surface area contributed by atoms with Gasteiger partial charge in [0.15, 0.2) is 10.1 Å². The van der Waals surface area contributed by atoms with Crippen LogP contribution in [0.5, 0.6) is 0 Å². The van der Waals surface area contributed by atoms with Crippen molar-refractivity contribution in [2.75, 3.05) is 31.6 Å². The van der Waals surface area contributed by atoms with Crippen molar-refractivity contribution in [1.29, 1.82) is 0 Å². The van der Waals surface area contributed by atoms with Crippen LogP contribution >= 0.6 is 34.0 Å². The molecule has 0 atom stereocenters. The van der Waals surface area contributed by atoms with Gasteiger partial charge in [-0.2, -0.15) is 0 Å². The zero-order valence-corrected chi connectivity index (χ0v) is 16.9. The average Bonchev–Trinajstić information content (AvgIpc) is 3.43. The highest BCUT2D eigenvalue weighted by molar-refractivity contribution is 7.24. The van der Waals surface area contributed by atoms with E-state index in [1.165, 1.54) is 10.3 Å². The predicted molar refractivity (Wildman–Crippen MR) is 112 cm³/mol. The Balaban J connectivity index is 1.32. The van der Waals surface area contributed by atoms with E-state index in [4.69, 9.17) is 4.74 Å². The Morgan fingerprint density at radius 2 is 2.00 bits per heavy atom. The normalized spacial score (nSPS) is 15.4. The van der Waals surface area contributed by atoms with Crippen LogP contribution in [0.25, 0.3) is 20.1 Å². The summed E-state index contributed by atoms with van der Waals surface area (Å²) in [6, 6.07) is 10.6. The molecule has 6 nitrogen and oxygen atoms in total. The lowest BCUT2D eigenvalue weighted by molar-refractivity contribution is 0.0342. The third kappa shape index (κ3) is 3.87. The third-order valence-corrected chi connectivity index (χ3v) is 7.14. The van der Waals surface area contributed by atoms with Crippen LogP contribution in [0.3, 0.4) is 0 Å². The highest BCUT2D eigenvalue weighted by atomic mass is 32.1. The topological polar surface area (TPSA) is 63.2 Å². The lowest BCUT2D eigenvalue weighted by Gasteiger charge is -2.26. The molecule has 0 radical (unpaired) electrons. The molecule has 9 heteroatoms. The SMILES string of the molecule is c1csc(-c2nnc(Nc3nc4ccc(CN5CCOCC5)cc4s3)s2)c1. The second-order valence-corrected chi connectivity index (χ2v) is 9.18. The minimum atomic E-state index is 0.769. The molecule has 1 saturated heterocycles. The molecular formula is C18H17N5OS3. The van der Waals surface area contributed by atoms with Gasteiger partial charge in [-0.05, 0) is 29.1 Å². The van der Waals surface area contributed by atoms with Gasteiger partial charge in [0.05, 0.1) is 28.3 Å². The van der Waals surface area contributed by atoms with Crippen LogP contribution in [0.1, 0.15) is 5.56 Å². The minimum Gasteiger partial charge on any atom is -0.379 e. The average molecular weight is 416 g/mol. The maximum absolute atomic E-state index is 5.43. The summed E-state index contributed by atoms with van der Waals surface area (Å²) >= 11 is 4.87. The van der Waals surface area contributed by atoms with Crippen molar-refractivity contribution in [2.45, 2.75) is 6.54 Å². The zero-order valence-electron chi connectivity index (χ0n) is 14.4. The Morgan fingerprint density at radius 3 is 2.85 bits per heavy atom. The van der Waals surface area contributed by atoms with E-state index in [0.717, 1.165) is 58.5 Å². The summed E-state index contributed by atoms with van der Waals surface area (Å²) in [7, 11) is 0. The first-order valence-electron chi connectivity index (χ1n) is 8.67. The van der Waals surface area contributed by atoms with Gasteiger partial charge in [-0.3, -0.25) is 4.90 Å². The first kappa shape index (κ1) is 17.2. The van der Waals surface area contributed by atoms with Crippen LogP contribution in [0.15, 0.2) is 35.7 Å². The smallest absolute Gasteiger partial charge is 0.212 e. The molecule has 0 aliphatic carbocycles. The second kappa shape index (κ2) is 7.61. The van der Waals surface area contributed by atoms with Gasteiger partial charge < -0.3 is 10.1 Å². The van der Waals surface area contributed by atoms with Gasteiger partial charge in [-0.25, -0.2) is 4.98 Å². The van der Waals surface area contributed by atoms with E-state index in [9.17, 15) is 0 Å². The molecule has 0 unspecified atom stereocenters. The van der Waals surface area contributed by atoms with E-state index in [1.54, 1.807) is 34.0 Å². The molecule has 3 aromatic heterocycles. The summed E-state index contributed by atoms with van der Waals surface area (Å²) in [6.45, 7) is 4.60. The second-order valence-electron chi connectivity index (χ2n) is 6.22. The summed E-state index contributed by atoms with van der Waals surface area (Å²) in [5, 5.41) is 16.4. The molecule has 1 N–H and O–H groups in total. The van der Waals surface area contributed by atoms with Crippen LogP contribution in [0.2, 0.25) is 0 Å². The number of benzene rings is 1. The van der Waals surface area contributed by atoms with Crippen molar-refractivity contribution >= 4 is 54.5 Å². The maximum Gasteiger partial charge on any atom is 0.212 e. The molecule has 1 aliphatic heterocycles. The van der Waals surface area contributed by atoms with Crippen molar-refractivity contribution in [3.8, 4) is 9.88 Å². The molecule has 4 aromatic rings. The summed E-state index contributed by atoms with van der Waals surface area (Å²) in [5.41, 5.74) is 2.33. The van der Waals surface area contributed by atoms with Crippen LogP contribution < -0.4 is 5.32 Å².